The number of carbonyl (C=O) groups excluding carboxylic acids is 1. The molecule has 2 unspecified atom stereocenters. The SMILES string of the molecule is CCCNC(=O)CC1CCN(S(=O)(=O)c2c(C)noc2C)CC1CC. The van der Waals surface area contributed by atoms with Gasteiger partial charge in [0.05, 0.1) is 0 Å². The molecule has 7 nitrogen and oxygen atoms in total. The van der Waals surface area contributed by atoms with Crippen LogP contribution in [0.3, 0.4) is 0 Å². The number of piperidine rings is 1. The first-order valence-electron chi connectivity index (χ1n) is 9.00. The molecule has 8 heteroatoms. The van der Waals surface area contributed by atoms with E-state index in [2.05, 4.69) is 10.5 Å². The Morgan fingerprint density at radius 3 is 2.60 bits per heavy atom. The molecule has 0 saturated carbocycles. The summed E-state index contributed by atoms with van der Waals surface area (Å²) in [6.45, 7) is 8.89. The van der Waals surface area contributed by atoms with Crippen LogP contribution < -0.4 is 5.32 Å². The van der Waals surface area contributed by atoms with Gasteiger partial charge in [0.1, 0.15) is 10.6 Å². The first kappa shape index (κ1) is 19.9. The van der Waals surface area contributed by atoms with E-state index in [-0.39, 0.29) is 22.6 Å². The lowest BCUT2D eigenvalue weighted by molar-refractivity contribution is -0.122. The van der Waals surface area contributed by atoms with Crippen LogP contribution in [0.2, 0.25) is 0 Å². The van der Waals surface area contributed by atoms with Crippen molar-refractivity contribution in [2.24, 2.45) is 11.8 Å². The molecule has 1 saturated heterocycles. The van der Waals surface area contributed by atoms with Gasteiger partial charge in [-0.05, 0) is 38.5 Å². The summed E-state index contributed by atoms with van der Waals surface area (Å²) in [4.78, 5) is 12.2. The van der Waals surface area contributed by atoms with E-state index in [0.29, 0.717) is 43.9 Å². The molecule has 142 valence electrons. The van der Waals surface area contributed by atoms with E-state index in [1.807, 2.05) is 13.8 Å². The molecule has 2 rings (SSSR count). The maximum absolute atomic E-state index is 13.0. The number of rotatable bonds is 7. The molecule has 1 aliphatic rings. The van der Waals surface area contributed by atoms with Gasteiger partial charge in [-0.2, -0.15) is 4.31 Å². The third kappa shape index (κ3) is 4.41. The second kappa shape index (κ2) is 8.31. The Morgan fingerprint density at radius 1 is 1.32 bits per heavy atom. The lowest BCUT2D eigenvalue weighted by Gasteiger charge is -2.37. The van der Waals surface area contributed by atoms with E-state index in [9.17, 15) is 13.2 Å². The molecule has 0 radical (unpaired) electrons. The van der Waals surface area contributed by atoms with Crippen molar-refractivity contribution in [1.29, 1.82) is 0 Å². The number of sulfonamides is 1. The van der Waals surface area contributed by atoms with Crippen LogP contribution in [0.5, 0.6) is 0 Å². The Kier molecular flexibility index (Phi) is 6.62. The van der Waals surface area contributed by atoms with Gasteiger partial charge in [-0.25, -0.2) is 8.42 Å². The molecule has 1 fully saturated rings. The van der Waals surface area contributed by atoms with E-state index in [1.54, 1.807) is 13.8 Å². The zero-order valence-corrected chi connectivity index (χ0v) is 16.4. The van der Waals surface area contributed by atoms with Crippen molar-refractivity contribution in [3.8, 4) is 0 Å². The van der Waals surface area contributed by atoms with Gasteiger partial charge in [-0.15, -0.1) is 0 Å². The fourth-order valence-corrected chi connectivity index (χ4v) is 5.35. The molecule has 0 aliphatic carbocycles. The number of hydrogen-bond acceptors (Lipinski definition) is 5. The topological polar surface area (TPSA) is 92.5 Å². The molecule has 1 amide bonds. The predicted octanol–water partition coefficient (Wildman–Crippen LogP) is 2.24. The average Bonchev–Trinajstić information content (AvgIpc) is 2.92. The van der Waals surface area contributed by atoms with Gasteiger partial charge in [0, 0.05) is 26.1 Å². The summed E-state index contributed by atoms with van der Waals surface area (Å²) in [5.41, 5.74) is 0.395. The number of hydrogen-bond donors (Lipinski definition) is 1. The second-order valence-electron chi connectivity index (χ2n) is 6.79. The molecular weight excluding hydrogens is 342 g/mol. The largest absolute Gasteiger partial charge is 0.360 e. The Hall–Kier alpha value is -1.41. The molecule has 0 bridgehead atoms. The standard InChI is InChI=1S/C17H29N3O4S/c1-5-8-18-16(21)10-15-7-9-20(11-14(15)6-2)25(22,23)17-12(3)19-24-13(17)4/h14-15H,5-11H2,1-4H3,(H,18,21). The van der Waals surface area contributed by atoms with Gasteiger partial charge in [-0.3, -0.25) is 4.79 Å². The summed E-state index contributed by atoms with van der Waals surface area (Å²) in [6.07, 6.45) is 2.93. The number of nitrogens with one attached hydrogen (secondary N) is 1. The van der Waals surface area contributed by atoms with Gasteiger partial charge in [-0.1, -0.05) is 25.4 Å². The Balaban J connectivity index is 2.09. The lowest BCUT2D eigenvalue weighted by Crippen LogP contribution is -2.45. The maximum Gasteiger partial charge on any atom is 0.248 e. The van der Waals surface area contributed by atoms with E-state index < -0.39 is 10.0 Å². The number of carbonyl (C=O) groups is 1. The first-order valence-corrected chi connectivity index (χ1v) is 10.4. The summed E-state index contributed by atoms with van der Waals surface area (Å²) in [7, 11) is -3.61. The van der Waals surface area contributed by atoms with Crippen LogP contribution in [0, 0.1) is 25.7 Å². The number of nitrogens with zero attached hydrogens (tertiary/aromatic N) is 2. The van der Waals surface area contributed by atoms with Crippen molar-refractivity contribution in [3.63, 3.8) is 0 Å². The normalized spacial score (nSPS) is 22.1. The second-order valence-corrected chi connectivity index (χ2v) is 8.66. The fraction of sp³-hybridized carbons (Fsp3) is 0.765. The summed E-state index contributed by atoms with van der Waals surface area (Å²) in [5.74, 6) is 0.785. The molecule has 0 aromatic carbocycles. The summed E-state index contributed by atoms with van der Waals surface area (Å²) < 4.78 is 32.5. The molecule has 1 N–H and O–H groups in total. The smallest absolute Gasteiger partial charge is 0.248 e. The molecule has 1 aromatic heterocycles. The number of aromatic nitrogens is 1. The monoisotopic (exact) mass is 371 g/mol. The van der Waals surface area contributed by atoms with Gasteiger partial charge in [0.15, 0.2) is 5.76 Å². The Morgan fingerprint density at radius 2 is 2.04 bits per heavy atom. The zero-order valence-electron chi connectivity index (χ0n) is 15.5. The van der Waals surface area contributed by atoms with Crippen molar-refractivity contribution >= 4 is 15.9 Å². The van der Waals surface area contributed by atoms with Crippen LogP contribution in [-0.2, 0) is 14.8 Å². The van der Waals surface area contributed by atoms with Gasteiger partial charge >= 0.3 is 0 Å². The van der Waals surface area contributed by atoms with Crippen molar-refractivity contribution < 1.29 is 17.7 Å². The van der Waals surface area contributed by atoms with E-state index in [0.717, 1.165) is 12.8 Å². The molecule has 25 heavy (non-hydrogen) atoms. The highest BCUT2D eigenvalue weighted by Crippen LogP contribution is 2.33. The van der Waals surface area contributed by atoms with Crippen LogP contribution in [0.1, 0.15) is 51.0 Å². The van der Waals surface area contributed by atoms with Crippen molar-refractivity contribution in [2.75, 3.05) is 19.6 Å². The number of aryl methyl sites for hydroxylation is 2. The fourth-order valence-electron chi connectivity index (χ4n) is 3.54. The highest BCUT2D eigenvalue weighted by molar-refractivity contribution is 7.89. The minimum Gasteiger partial charge on any atom is -0.360 e. The molecule has 2 heterocycles. The minimum absolute atomic E-state index is 0.0623. The quantitative estimate of drug-likeness (QED) is 0.793. The van der Waals surface area contributed by atoms with E-state index in [1.165, 1.54) is 4.31 Å². The third-order valence-corrected chi connectivity index (χ3v) is 7.07. The highest BCUT2D eigenvalue weighted by Gasteiger charge is 2.38. The average molecular weight is 372 g/mol. The summed E-state index contributed by atoms with van der Waals surface area (Å²) in [6, 6.07) is 0. The third-order valence-electron chi connectivity index (χ3n) is 4.96. The zero-order chi connectivity index (χ0) is 18.6. The molecule has 2 atom stereocenters. The van der Waals surface area contributed by atoms with Crippen LogP contribution in [0.25, 0.3) is 0 Å². The van der Waals surface area contributed by atoms with Gasteiger partial charge in [0.25, 0.3) is 0 Å². The van der Waals surface area contributed by atoms with E-state index >= 15 is 0 Å². The summed E-state index contributed by atoms with van der Waals surface area (Å²) in [5, 5.41) is 6.68. The summed E-state index contributed by atoms with van der Waals surface area (Å²) >= 11 is 0. The van der Waals surface area contributed by atoms with Crippen LogP contribution in [-0.4, -0.2) is 43.4 Å². The number of amides is 1. The molecule has 1 aromatic rings. The van der Waals surface area contributed by atoms with Crippen LogP contribution in [0.15, 0.2) is 9.42 Å². The van der Waals surface area contributed by atoms with Gasteiger partial charge in [0.2, 0.25) is 15.9 Å². The Bertz CT molecular complexity index is 679. The highest BCUT2D eigenvalue weighted by atomic mass is 32.2. The Labute approximate surface area is 150 Å². The van der Waals surface area contributed by atoms with Crippen molar-refractivity contribution in [2.45, 2.75) is 58.3 Å². The van der Waals surface area contributed by atoms with Crippen molar-refractivity contribution in [3.05, 3.63) is 11.5 Å². The minimum atomic E-state index is -3.61. The van der Waals surface area contributed by atoms with Gasteiger partial charge < -0.3 is 9.84 Å². The predicted molar refractivity (Wildman–Crippen MR) is 94.5 cm³/mol. The maximum atomic E-state index is 13.0. The lowest BCUT2D eigenvalue weighted by atomic mass is 9.82. The first-order chi connectivity index (χ1) is 11.8. The van der Waals surface area contributed by atoms with E-state index in [4.69, 9.17) is 4.52 Å². The van der Waals surface area contributed by atoms with Crippen LogP contribution >= 0.6 is 0 Å². The molecular formula is C17H29N3O4S. The molecule has 0 spiro atoms. The van der Waals surface area contributed by atoms with Crippen molar-refractivity contribution in [1.82, 2.24) is 14.8 Å². The molecule has 1 aliphatic heterocycles. The van der Waals surface area contributed by atoms with Crippen LogP contribution in [0.4, 0.5) is 0 Å².